The zero-order valence-corrected chi connectivity index (χ0v) is 15.5. The summed E-state index contributed by atoms with van der Waals surface area (Å²) in [7, 11) is 1.81. The van der Waals surface area contributed by atoms with Gasteiger partial charge in [-0.05, 0) is 24.5 Å². The number of carbonyl (C=O) groups is 1. The topological polar surface area (TPSA) is 74.8 Å². The fourth-order valence-electron chi connectivity index (χ4n) is 3.93. The SMILES string of the molecule is C[C@@H]1C[C@H](c2ccc3cccc(C#N)c3n2)CN(C(=O)c2cnn(C)c2)C1. The number of nitrogens with zero attached hydrogens (tertiary/aromatic N) is 5. The van der Waals surface area contributed by atoms with Crippen LogP contribution in [0.25, 0.3) is 10.9 Å². The van der Waals surface area contributed by atoms with Gasteiger partial charge in [0.1, 0.15) is 6.07 Å². The lowest BCUT2D eigenvalue weighted by atomic mass is 9.87. The summed E-state index contributed by atoms with van der Waals surface area (Å²) in [6.07, 6.45) is 4.35. The monoisotopic (exact) mass is 359 g/mol. The van der Waals surface area contributed by atoms with Crippen molar-refractivity contribution >= 4 is 16.8 Å². The van der Waals surface area contributed by atoms with Crippen molar-refractivity contribution in [2.75, 3.05) is 13.1 Å². The third-order valence-electron chi connectivity index (χ3n) is 5.18. The number of pyridine rings is 1. The van der Waals surface area contributed by atoms with Crippen molar-refractivity contribution in [3.8, 4) is 6.07 Å². The lowest BCUT2D eigenvalue weighted by Gasteiger charge is -2.36. The number of amides is 1. The highest BCUT2D eigenvalue weighted by Crippen LogP contribution is 2.31. The second-order valence-corrected chi connectivity index (χ2v) is 7.38. The Labute approximate surface area is 158 Å². The maximum Gasteiger partial charge on any atom is 0.257 e. The molecule has 0 bridgehead atoms. The smallest absolute Gasteiger partial charge is 0.257 e. The lowest BCUT2D eigenvalue weighted by Crippen LogP contribution is -2.42. The van der Waals surface area contributed by atoms with Crippen molar-refractivity contribution in [1.29, 1.82) is 5.26 Å². The van der Waals surface area contributed by atoms with Crippen LogP contribution in [0.3, 0.4) is 0 Å². The summed E-state index contributed by atoms with van der Waals surface area (Å²) in [5.41, 5.74) is 2.88. The number of aromatic nitrogens is 3. The van der Waals surface area contributed by atoms with Gasteiger partial charge in [-0.15, -0.1) is 0 Å². The van der Waals surface area contributed by atoms with Crippen LogP contribution in [0.4, 0.5) is 0 Å². The summed E-state index contributed by atoms with van der Waals surface area (Å²) in [4.78, 5) is 19.6. The summed E-state index contributed by atoms with van der Waals surface area (Å²) >= 11 is 0. The van der Waals surface area contributed by atoms with Crippen LogP contribution in [-0.2, 0) is 7.05 Å². The van der Waals surface area contributed by atoms with Gasteiger partial charge in [-0.25, -0.2) is 0 Å². The fraction of sp³-hybridized carbons (Fsp3) is 0.333. The molecule has 0 radical (unpaired) electrons. The van der Waals surface area contributed by atoms with Crippen molar-refractivity contribution in [2.45, 2.75) is 19.3 Å². The quantitative estimate of drug-likeness (QED) is 0.705. The number of benzene rings is 1. The molecule has 0 N–H and O–H groups in total. The number of hydrogen-bond donors (Lipinski definition) is 0. The van der Waals surface area contributed by atoms with E-state index in [1.165, 1.54) is 0 Å². The van der Waals surface area contributed by atoms with E-state index in [1.807, 2.05) is 36.2 Å². The van der Waals surface area contributed by atoms with Crippen LogP contribution >= 0.6 is 0 Å². The van der Waals surface area contributed by atoms with E-state index in [-0.39, 0.29) is 11.8 Å². The standard InChI is InChI=1S/C21H21N5O/c1-14-8-17(13-26(11-14)21(27)18-10-23-25(2)12-18)19-7-6-15-4-3-5-16(9-22)20(15)24-19/h3-7,10,12,14,17H,8,11,13H2,1-2H3/t14-,17+/m1/s1. The van der Waals surface area contributed by atoms with Gasteiger partial charge in [0, 0.05) is 43.3 Å². The molecule has 0 spiro atoms. The Morgan fingerprint density at radius 3 is 2.85 bits per heavy atom. The molecule has 1 aliphatic rings. The highest BCUT2D eigenvalue weighted by Gasteiger charge is 2.30. The van der Waals surface area contributed by atoms with Gasteiger partial charge in [0.25, 0.3) is 5.91 Å². The first-order valence-corrected chi connectivity index (χ1v) is 9.13. The molecule has 6 heteroatoms. The summed E-state index contributed by atoms with van der Waals surface area (Å²) in [5, 5.41) is 14.4. The molecule has 1 fully saturated rings. The molecule has 27 heavy (non-hydrogen) atoms. The predicted octanol–water partition coefficient (Wildman–Crippen LogP) is 3.11. The number of rotatable bonds is 2. The molecule has 1 aliphatic heterocycles. The molecular formula is C21H21N5O. The van der Waals surface area contributed by atoms with Crippen LogP contribution in [0.2, 0.25) is 0 Å². The van der Waals surface area contributed by atoms with Gasteiger partial charge in [0.05, 0.1) is 22.8 Å². The van der Waals surface area contributed by atoms with E-state index in [0.717, 1.165) is 29.6 Å². The molecule has 1 saturated heterocycles. The Bertz CT molecular complexity index is 1050. The summed E-state index contributed by atoms with van der Waals surface area (Å²) in [6.45, 7) is 3.53. The maximum absolute atomic E-state index is 12.9. The molecule has 3 heterocycles. The second-order valence-electron chi connectivity index (χ2n) is 7.38. The molecule has 2 atom stereocenters. The van der Waals surface area contributed by atoms with E-state index < -0.39 is 0 Å². The van der Waals surface area contributed by atoms with E-state index in [0.29, 0.717) is 23.6 Å². The number of nitriles is 1. The van der Waals surface area contributed by atoms with Crippen molar-refractivity contribution in [2.24, 2.45) is 13.0 Å². The van der Waals surface area contributed by atoms with Gasteiger partial charge < -0.3 is 4.90 Å². The number of hydrogen-bond acceptors (Lipinski definition) is 4. The third-order valence-corrected chi connectivity index (χ3v) is 5.18. The molecule has 1 aromatic carbocycles. The van der Waals surface area contributed by atoms with Crippen LogP contribution in [0, 0.1) is 17.2 Å². The second kappa shape index (κ2) is 6.84. The Kier molecular flexibility index (Phi) is 4.36. The highest BCUT2D eigenvalue weighted by atomic mass is 16.2. The van der Waals surface area contributed by atoms with Crippen molar-refractivity contribution in [1.82, 2.24) is 19.7 Å². The molecule has 1 amide bonds. The molecule has 3 aromatic rings. The van der Waals surface area contributed by atoms with E-state index in [9.17, 15) is 10.1 Å². The summed E-state index contributed by atoms with van der Waals surface area (Å²) in [5.74, 6) is 0.553. The van der Waals surface area contributed by atoms with Gasteiger partial charge in [0.15, 0.2) is 0 Å². The number of aryl methyl sites for hydroxylation is 1. The normalized spacial score (nSPS) is 19.8. The van der Waals surface area contributed by atoms with Gasteiger partial charge in [0.2, 0.25) is 0 Å². The number of piperidine rings is 1. The van der Waals surface area contributed by atoms with Crippen LogP contribution < -0.4 is 0 Å². The van der Waals surface area contributed by atoms with Crippen molar-refractivity contribution in [3.63, 3.8) is 0 Å². The Balaban J connectivity index is 1.64. The first kappa shape index (κ1) is 17.2. The Hall–Kier alpha value is -3.20. The number of fused-ring (bicyclic) bond motifs is 1. The minimum absolute atomic E-state index is 0.0122. The van der Waals surface area contributed by atoms with Crippen molar-refractivity contribution in [3.05, 3.63) is 59.5 Å². The van der Waals surface area contributed by atoms with Crippen LogP contribution in [0.5, 0.6) is 0 Å². The Morgan fingerprint density at radius 1 is 1.26 bits per heavy atom. The summed E-state index contributed by atoms with van der Waals surface area (Å²) < 4.78 is 1.65. The molecule has 0 aliphatic carbocycles. The summed E-state index contributed by atoms with van der Waals surface area (Å²) in [6, 6.07) is 11.9. The minimum Gasteiger partial charge on any atom is -0.338 e. The average molecular weight is 359 g/mol. The lowest BCUT2D eigenvalue weighted by molar-refractivity contribution is 0.0656. The number of carbonyl (C=O) groups excluding carboxylic acids is 1. The number of para-hydroxylation sites is 1. The largest absolute Gasteiger partial charge is 0.338 e. The average Bonchev–Trinajstić information content (AvgIpc) is 3.12. The van der Waals surface area contributed by atoms with E-state index in [2.05, 4.69) is 18.1 Å². The molecule has 0 saturated carbocycles. The molecular weight excluding hydrogens is 338 g/mol. The minimum atomic E-state index is 0.0122. The van der Waals surface area contributed by atoms with Gasteiger partial charge in [-0.2, -0.15) is 10.4 Å². The maximum atomic E-state index is 12.9. The van der Waals surface area contributed by atoms with Gasteiger partial charge in [-0.1, -0.05) is 25.1 Å². The molecule has 4 rings (SSSR count). The van der Waals surface area contributed by atoms with Crippen LogP contribution in [0.15, 0.2) is 42.7 Å². The molecule has 0 unspecified atom stereocenters. The molecule has 2 aromatic heterocycles. The zero-order valence-electron chi connectivity index (χ0n) is 15.5. The van der Waals surface area contributed by atoms with Crippen molar-refractivity contribution < 1.29 is 4.79 Å². The van der Waals surface area contributed by atoms with E-state index >= 15 is 0 Å². The Morgan fingerprint density at radius 2 is 2.11 bits per heavy atom. The predicted molar refractivity (Wildman–Crippen MR) is 102 cm³/mol. The fourth-order valence-corrected chi connectivity index (χ4v) is 3.93. The van der Waals surface area contributed by atoms with Gasteiger partial charge >= 0.3 is 0 Å². The van der Waals surface area contributed by atoms with Crippen LogP contribution in [-0.4, -0.2) is 38.7 Å². The molecule has 6 nitrogen and oxygen atoms in total. The highest BCUT2D eigenvalue weighted by molar-refractivity contribution is 5.93. The first-order chi connectivity index (χ1) is 13.0. The van der Waals surface area contributed by atoms with Crippen LogP contribution in [0.1, 0.15) is 40.9 Å². The third kappa shape index (κ3) is 3.28. The van der Waals surface area contributed by atoms with E-state index in [1.54, 1.807) is 23.1 Å². The first-order valence-electron chi connectivity index (χ1n) is 9.13. The molecule has 136 valence electrons. The van der Waals surface area contributed by atoms with E-state index in [4.69, 9.17) is 4.98 Å². The van der Waals surface area contributed by atoms with Gasteiger partial charge in [-0.3, -0.25) is 14.5 Å². The number of likely N-dealkylation sites (tertiary alicyclic amines) is 1. The zero-order chi connectivity index (χ0) is 19.0.